The first-order chi connectivity index (χ1) is 47.1. The number of fused-ring (bicyclic) bond motifs is 1. The summed E-state index contributed by atoms with van der Waals surface area (Å²) in [4.78, 5) is 189. The van der Waals surface area contributed by atoms with Crippen molar-refractivity contribution in [3.05, 3.63) is 98.6 Å². The topological polar surface area (TPSA) is 288 Å². The van der Waals surface area contributed by atoms with E-state index in [2.05, 4.69) is 43.9 Å². The molecule has 25 nitrogen and oxygen atoms in total. The molecule has 3 saturated heterocycles. The summed E-state index contributed by atoms with van der Waals surface area (Å²) >= 11 is 2.13. The standard InChI is InChI=1S/C74H107IN12O13/c1-17-48(7)64-72(98)81(11)44-63(90)87-35-32-57(87)70(96)84(14)59(41-50-26-24-47(6)25-27-50)69(95)80(10)43-61(88)76-54(40-51-22-21-23-52(75)38-51)65(91)77-56(39-49-28-30-53(100-16)31-29-49)68(94)85(15)74(8,9)73(99)78-55(36-45(2)3)67(93)83(13)60(71(97)86-33-19-18-20-34-86)42-62(89)82(12)58(37-46(4)5)66(92)79-64/h21-31,38,45-46,48,54-60,64H,17-20,32-37,39-44H2,1-16H3,(H,76,88)(H,77,91)(H,78,99)(H,79,92)/t48-,54-,55-,56-,57-,58-,59-,60-,64-/m0/s1. The van der Waals surface area contributed by atoms with Crippen LogP contribution in [-0.2, 0) is 76.8 Å². The number of halogens is 1. The molecule has 9 atom stereocenters. The summed E-state index contributed by atoms with van der Waals surface area (Å²) < 4.78 is 6.25. The second-order valence-electron chi connectivity index (χ2n) is 28.7. The van der Waals surface area contributed by atoms with Gasteiger partial charge in [0.1, 0.15) is 59.6 Å². The smallest absolute Gasteiger partial charge is 0.246 e. The maximum Gasteiger partial charge on any atom is 0.246 e. The number of ether oxygens (including phenoxy) is 1. The third kappa shape index (κ3) is 21.2. The molecule has 548 valence electrons. The molecule has 0 bridgehead atoms. The first-order valence-corrected chi connectivity index (χ1v) is 35.9. The van der Waals surface area contributed by atoms with Crippen molar-refractivity contribution in [2.75, 3.05) is 82.1 Å². The highest BCUT2D eigenvalue weighted by atomic mass is 127. The summed E-state index contributed by atoms with van der Waals surface area (Å²) in [6, 6.07) is 11.4. The first kappa shape index (κ1) is 80.8. The second-order valence-corrected chi connectivity index (χ2v) is 29.9. The van der Waals surface area contributed by atoms with Gasteiger partial charge in [-0.05, 0) is 141 Å². The number of hydrogen-bond acceptors (Lipinski definition) is 13. The van der Waals surface area contributed by atoms with Crippen molar-refractivity contribution in [2.24, 2.45) is 17.8 Å². The van der Waals surface area contributed by atoms with Crippen molar-refractivity contribution in [3.63, 3.8) is 0 Å². The molecule has 0 radical (unpaired) electrons. The Labute approximate surface area is 604 Å². The van der Waals surface area contributed by atoms with Gasteiger partial charge in [-0.25, -0.2) is 0 Å². The minimum absolute atomic E-state index is 0.0110. The van der Waals surface area contributed by atoms with Crippen LogP contribution >= 0.6 is 22.6 Å². The third-order valence-electron chi connectivity index (χ3n) is 19.8. The lowest BCUT2D eigenvalue weighted by molar-refractivity contribution is -0.157. The average molecular weight is 1500 g/mol. The number of benzene rings is 3. The fourth-order valence-electron chi connectivity index (χ4n) is 12.8. The SMILES string of the molecule is CC[C@H](C)[C@@H]1NC(=O)[C@H](CC(C)C)N(C)C(=O)C[C@@H](C(=O)N2CCCCC2)N(C)C(=O)[C@H](CC(C)C)NC(=O)C(C)(C)N(C)C(=O)[C@H](Cc2ccc(OC)cc2)NC(=O)[C@H](Cc2cccc(I)c2)NC(=O)CN(C)C(=O)[C@H](Cc2ccc(C)cc2)N(C)C(=O)[C@@H]2CCN2C(=O)CN(C)C1=O. The van der Waals surface area contributed by atoms with E-state index >= 15 is 19.2 Å². The van der Waals surface area contributed by atoms with Gasteiger partial charge in [-0.3, -0.25) is 57.5 Å². The first-order valence-electron chi connectivity index (χ1n) is 34.9. The number of amides is 12. The zero-order valence-corrected chi connectivity index (χ0v) is 63.5. The second kappa shape index (κ2) is 36.4. The molecule has 100 heavy (non-hydrogen) atoms. The summed E-state index contributed by atoms with van der Waals surface area (Å²) in [7, 11) is 10.0. The van der Waals surface area contributed by atoms with Gasteiger partial charge in [0.05, 0.1) is 26.6 Å². The number of likely N-dealkylation sites (tertiary alicyclic amines) is 1. The van der Waals surface area contributed by atoms with Crippen molar-refractivity contribution in [1.29, 1.82) is 0 Å². The number of methoxy groups -OCH3 is 1. The Morgan fingerprint density at radius 1 is 0.590 bits per heavy atom. The fourth-order valence-corrected chi connectivity index (χ4v) is 13.4. The van der Waals surface area contributed by atoms with Crippen molar-refractivity contribution in [1.82, 2.24) is 60.5 Å². The fraction of sp³-hybridized carbons (Fsp3) is 0.595. The normalized spacial score (nSPS) is 24.3. The van der Waals surface area contributed by atoms with Crippen LogP contribution in [0.2, 0.25) is 0 Å². The number of carbonyl (C=O) groups is 12. The van der Waals surface area contributed by atoms with Crippen molar-refractivity contribution < 1.29 is 62.3 Å². The molecule has 26 heteroatoms. The van der Waals surface area contributed by atoms with Crippen LogP contribution in [0.1, 0.15) is 129 Å². The molecular weight excluding hydrogens is 1390 g/mol. The van der Waals surface area contributed by atoms with Crippen molar-refractivity contribution >= 4 is 93.5 Å². The lowest BCUT2D eigenvalue weighted by Gasteiger charge is -2.43. The number of nitrogens with zero attached hydrogens (tertiary/aromatic N) is 8. The highest BCUT2D eigenvalue weighted by molar-refractivity contribution is 14.1. The van der Waals surface area contributed by atoms with E-state index < -0.39 is 150 Å². The van der Waals surface area contributed by atoms with Crippen LogP contribution < -0.4 is 26.0 Å². The minimum Gasteiger partial charge on any atom is -0.497 e. The third-order valence-corrected chi connectivity index (χ3v) is 20.5. The molecule has 0 aromatic heterocycles. The van der Waals surface area contributed by atoms with Gasteiger partial charge in [0.25, 0.3) is 0 Å². The van der Waals surface area contributed by atoms with Gasteiger partial charge in [0.2, 0.25) is 70.9 Å². The summed E-state index contributed by atoms with van der Waals surface area (Å²) in [5.41, 5.74) is 1.12. The maximum absolute atomic E-state index is 15.4. The largest absolute Gasteiger partial charge is 0.497 e. The predicted molar refractivity (Wildman–Crippen MR) is 387 cm³/mol. The van der Waals surface area contributed by atoms with Crippen LogP contribution in [0.4, 0.5) is 0 Å². The lowest BCUT2D eigenvalue weighted by atomic mass is 9.95. The Morgan fingerprint density at radius 2 is 1.19 bits per heavy atom. The monoisotopic (exact) mass is 1500 g/mol. The Morgan fingerprint density at radius 3 is 1.77 bits per heavy atom. The average Bonchev–Trinajstić information content (AvgIpc) is 0.801. The zero-order valence-electron chi connectivity index (χ0n) is 61.4. The van der Waals surface area contributed by atoms with Gasteiger partial charge in [0, 0.05) is 84.8 Å². The lowest BCUT2D eigenvalue weighted by Crippen LogP contribution is -2.64. The van der Waals surface area contributed by atoms with Crippen LogP contribution in [0, 0.1) is 28.2 Å². The Bertz CT molecular complexity index is 3420. The predicted octanol–water partition coefficient (Wildman–Crippen LogP) is 4.37. The number of rotatable bonds is 14. The van der Waals surface area contributed by atoms with Crippen LogP contribution in [0.25, 0.3) is 0 Å². The number of piperidine rings is 1. The van der Waals surface area contributed by atoms with Crippen molar-refractivity contribution in [3.8, 4) is 5.75 Å². The van der Waals surface area contributed by atoms with Gasteiger partial charge in [-0.15, -0.1) is 0 Å². The highest BCUT2D eigenvalue weighted by Gasteiger charge is 2.46. The molecule has 0 aliphatic carbocycles. The van der Waals surface area contributed by atoms with Gasteiger partial charge < -0.3 is 65.2 Å². The molecule has 3 heterocycles. The number of aryl methyl sites for hydroxylation is 1. The van der Waals surface area contributed by atoms with Gasteiger partial charge >= 0.3 is 0 Å². The molecule has 12 amide bonds. The van der Waals surface area contributed by atoms with Crippen molar-refractivity contribution in [2.45, 2.75) is 187 Å². The zero-order chi connectivity index (χ0) is 74.2. The van der Waals surface area contributed by atoms with E-state index in [1.807, 2.05) is 77.9 Å². The van der Waals surface area contributed by atoms with Gasteiger partial charge in [-0.1, -0.05) is 102 Å². The van der Waals surface area contributed by atoms with Crippen LogP contribution in [0.3, 0.4) is 0 Å². The van der Waals surface area contributed by atoms with E-state index in [0.717, 1.165) is 20.5 Å². The minimum atomic E-state index is -1.76. The molecule has 4 N–H and O–H groups in total. The molecule has 0 unspecified atom stereocenters. The van der Waals surface area contributed by atoms with Crippen LogP contribution in [-0.4, -0.2) is 246 Å². The summed E-state index contributed by atoms with van der Waals surface area (Å²) in [5, 5.41) is 11.6. The van der Waals surface area contributed by atoms with Crippen LogP contribution in [0.5, 0.6) is 5.75 Å². The molecule has 3 aliphatic heterocycles. The quantitative estimate of drug-likeness (QED) is 0.163. The molecule has 6 rings (SSSR count). The highest BCUT2D eigenvalue weighted by Crippen LogP contribution is 2.27. The van der Waals surface area contributed by atoms with Gasteiger partial charge in [0.15, 0.2) is 0 Å². The molecule has 3 aliphatic rings. The maximum atomic E-state index is 15.4. The summed E-state index contributed by atoms with van der Waals surface area (Å²) in [5.74, 6) is -8.26. The van der Waals surface area contributed by atoms with E-state index in [1.54, 1.807) is 48.2 Å². The Balaban J connectivity index is 1.46. The number of hydrogen-bond donors (Lipinski definition) is 4. The molecular formula is C74H107IN12O13. The van der Waals surface area contributed by atoms with E-state index in [9.17, 15) is 38.4 Å². The molecule has 0 saturated carbocycles. The summed E-state index contributed by atoms with van der Waals surface area (Å²) in [6.45, 7) is 15.8. The number of nitrogens with one attached hydrogen (secondary N) is 4. The van der Waals surface area contributed by atoms with E-state index in [0.29, 0.717) is 54.8 Å². The Hall–Kier alpha value is -8.17. The van der Waals surface area contributed by atoms with E-state index in [1.165, 1.54) is 92.6 Å². The summed E-state index contributed by atoms with van der Waals surface area (Å²) in [6.07, 6.45) is 2.36. The number of likely N-dealkylation sites (N-methyl/N-ethyl adjacent to an activating group) is 6. The van der Waals surface area contributed by atoms with E-state index in [4.69, 9.17) is 4.74 Å². The molecule has 3 fully saturated rings. The molecule has 3 aromatic rings. The van der Waals surface area contributed by atoms with Crippen LogP contribution in [0.15, 0.2) is 72.8 Å². The van der Waals surface area contributed by atoms with E-state index in [-0.39, 0.29) is 56.9 Å². The molecule has 3 aromatic carbocycles. The molecule has 0 spiro atoms. The van der Waals surface area contributed by atoms with Gasteiger partial charge in [-0.2, -0.15) is 0 Å². The number of carbonyl (C=O) groups excluding carboxylic acids is 12. The Kier molecular flexibility index (Phi) is 29.4.